The summed E-state index contributed by atoms with van der Waals surface area (Å²) in [6, 6.07) is 5.77. The molecule has 126 valence electrons. The number of aryl methyl sites for hydroxylation is 1. The molecule has 0 fully saturated rings. The number of nitrogens with zero attached hydrogens (tertiary/aromatic N) is 1. The van der Waals surface area contributed by atoms with Gasteiger partial charge in [-0.2, -0.15) is 0 Å². The third kappa shape index (κ3) is 3.96. The molecule has 1 amide bonds. The highest BCUT2D eigenvalue weighted by Crippen LogP contribution is 2.33. The molecule has 0 spiro atoms. The van der Waals surface area contributed by atoms with Crippen LogP contribution < -0.4 is 5.32 Å². The molecule has 2 rings (SSSR count). The molecule has 24 heavy (non-hydrogen) atoms. The number of non-ortho nitro benzene ring substituents is 1. The van der Waals surface area contributed by atoms with E-state index in [0.29, 0.717) is 16.1 Å². The van der Waals surface area contributed by atoms with Crippen LogP contribution in [-0.2, 0) is 16.1 Å². The van der Waals surface area contributed by atoms with Gasteiger partial charge in [-0.1, -0.05) is 0 Å². The average Bonchev–Trinajstić information content (AvgIpc) is 2.79. The van der Waals surface area contributed by atoms with E-state index in [1.807, 2.05) is 6.92 Å². The van der Waals surface area contributed by atoms with Crippen molar-refractivity contribution in [3.63, 3.8) is 0 Å². The Kier molecular flexibility index (Phi) is 5.30. The Morgan fingerprint density at radius 1 is 1.25 bits per heavy atom. The number of carbonyl (C=O) groups is 2. The summed E-state index contributed by atoms with van der Waals surface area (Å²) in [5.41, 5.74) is 1.72. The first-order valence-corrected chi connectivity index (χ1v) is 7.89. The van der Waals surface area contributed by atoms with E-state index in [4.69, 9.17) is 4.74 Å². The maximum absolute atomic E-state index is 12.4. The van der Waals surface area contributed by atoms with Crippen molar-refractivity contribution in [3.8, 4) is 0 Å². The van der Waals surface area contributed by atoms with E-state index in [0.717, 1.165) is 10.4 Å². The van der Waals surface area contributed by atoms with Crippen LogP contribution in [0.4, 0.5) is 10.7 Å². The van der Waals surface area contributed by atoms with Crippen molar-refractivity contribution in [1.82, 2.24) is 0 Å². The first-order valence-electron chi connectivity index (χ1n) is 7.07. The van der Waals surface area contributed by atoms with Crippen LogP contribution in [0.1, 0.15) is 33.3 Å². The normalized spacial score (nSPS) is 10.3. The molecule has 7 nitrogen and oxygen atoms in total. The Morgan fingerprint density at radius 2 is 1.88 bits per heavy atom. The number of nitrogens with one attached hydrogen (secondary N) is 1. The molecule has 1 aromatic carbocycles. The van der Waals surface area contributed by atoms with E-state index < -0.39 is 10.9 Å². The molecule has 0 atom stereocenters. The number of benzene rings is 1. The van der Waals surface area contributed by atoms with Crippen molar-refractivity contribution in [2.75, 3.05) is 5.32 Å². The zero-order valence-corrected chi connectivity index (χ0v) is 14.2. The van der Waals surface area contributed by atoms with Crippen molar-refractivity contribution in [2.45, 2.75) is 27.4 Å². The van der Waals surface area contributed by atoms with Gasteiger partial charge in [0.1, 0.15) is 11.6 Å². The highest BCUT2D eigenvalue weighted by atomic mass is 32.1. The Balaban J connectivity index is 2.12. The number of rotatable bonds is 5. The largest absolute Gasteiger partial charge is 0.457 e. The van der Waals surface area contributed by atoms with E-state index in [9.17, 15) is 19.7 Å². The topological polar surface area (TPSA) is 98.5 Å². The van der Waals surface area contributed by atoms with Crippen molar-refractivity contribution in [1.29, 1.82) is 0 Å². The number of amides is 1. The van der Waals surface area contributed by atoms with Crippen LogP contribution in [0.3, 0.4) is 0 Å². The van der Waals surface area contributed by atoms with Gasteiger partial charge in [0.05, 0.1) is 10.5 Å². The highest BCUT2D eigenvalue weighted by molar-refractivity contribution is 7.16. The lowest BCUT2D eigenvalue weighted by molar-refractivity contribution is -0.384. The van der Waals surface area contributed by atoms with Gasteiger partial charge in [-0.3, -0.25) is 14.9 Å². The summed E-state index contributed by atoms with van der Waals surface area (Å²) >= 11 is 1.32. The van der Waals surface area contributed by atoms with Crippen molar-refractivity contribution in [2.24, 2.45) is 0 Å². The molecule has 1 N–H and O–H groups in total. The lowest BCUT2D eigenvalue weighted by Gasteiger charge is -2.07. The van der Waals surface area contributed by atoms with Crippen LogP contribution in [0.2, 0.25) is 0 Å². The van der Waals surface area contributed by atoms with Gasteiger partial charge >= 0.3 is 5.97 Å². The fourth-order valence-corrected chi connectivity index (χ4v) is 3.15. The molecule has 0 aliphatic rings. The number of anilines is 1. The molecule has 0 aliphatic carbocycles. The van der Waals surface area contributed by atoms with Gasteiger partial charge in [0.15, 0.2) is 0 Å². The zero-order chi connectivity index (χ0) is 17.9. The van der Waals surface area contributed by atoms with Crippen LogP contribution in [-0.4, -0.2) is 16.8 Å². The second kappa shape index (κ2) is 7.22. The lowest BCUT2D eigenvalue weighted by atomic mass is 10.1. The van der Waals surface area contributed by atoms with Gasteiger partial charge in [-0.25, -0.2) is 4.79 Å². The Morgan fingerprint density at radius 3 is 2.42 bits per heavy atom. The minimum Gasteiger partial charge on any atom is -0.457 e. The maximum atomic E-state index is 12.4. The van der Waals surface area contributed by atoms with Crippen molar-refractivity contribution in [3.05, 3.63) is 55.9 Å². The second-order valence-corrected chi connectivity index (χ2v) is 6.39. The van der Waals surface area contributed by atoms with E-state index in [-0.39, 0.29) is 18.2 Å². The minimum atomic E-state index is -0.543. The number of nitro benzene ring substituents is 1. The van der Waals surface area contributed by atoms with Gasteiger partial charge < -0.3 is 10.1 Å². The summed E-state index contributed by atoms with van der Waals surface area (Å²) in [5.74, 6) is -0.806. The maximum Gasteiger partial charge on any atom is 0.341 e. The molecule has 0 aliphatic heterocycles. The summed E-state index contributed by atoms with van der Waals surface area (Å²) in [7, 11) is 0. The monoisotopic (exact) mass is 348 g/mol. The third-order valence-electron chi connectivity index (χ3n) is 3.40. The predicted octanol–water partition coefficient (Wildman–Crippen LogP) is 3.59. The van der Waals surface area contributed by atoms with Crippen molar-refractivity contribution >= 4 is 33.9 Å². The van der Waals surface area contributed by atoms with Gasteiger partial charge in [-0.05, 0) is 37.1 Å². The van der Waals surface area contributed by atoms with E-state index in [1.54, 1.807) is 6.92 Å². The van der Waals surface area contributed by atoms with Crippen LogP contribution in [0.15, 0.2) is 24.3 Å². The molecule has 0 saturated heterocycles. The molecule has 2 aromatic rings. The molecule has 1 aromatic heterocycles. The summed E-state index contributed by atoms with van der Waals surface area (Å²) in [5, 5.41) is 13.7. The molecule has 1 heterocycles. The number of ether oxygens (including phenoxy) is 1. The number of carbonyl (C=O) groups excluding carboxylic acids is 2. The quantitative estimate of drug-likeness (QED) is 0.506. The zero-order valence-electron chi connectivity index (χ0n) is 13.4. The van der Waals surface area contributed by atoms with Crippen LogP contribution >= 0.6 is 11.3 Å². The van der Waals surface area contributed by atoms with E-state index in [1.165, 1.54) is 42.5 Å². The molecule has 0 saturated carbocycles. The first kappa shape index (κ1) is 17.6. The van der Waals surface area contributed by atoms with Gasteiger partial charge in [0.25, 0.3) is 5.69 Å². The third-order valence-corrected chi connectivity index (χ3v) is 4.52. The van der Waals surface area contributed by atoms with Gasteiger partial charge in [0.2, 0.25) is 5.91 Å². The summed E-state index contributed by atoms with van der Waals surface area (Å²) in [6.45, 7) is 5.01. The number of hydrogen-bond donors (Lipinski definition) is 1. The number of nitro groups is 1. The van der Waals surface area contributed by atoms with Gasteiger partial charge in [0, 0.05) is 23.9 Å². The van der Waals surface area contributed by atoms with Crippen LogP contribution in [0.5, 0.6) is 0 Å². The Bertz CT molecular complexity index is 796. The average molecular weight is 348 g/mol. The molecule has 0 bridgehead atoms. The van der Waals surface area contributed by atoms with E-state index >= 15 is 0 Å². The molecule has 0 radical (unpaired) electrons. The van der Waals surface area contributed by atoms with Gasteiger partial charge in [-0.15, -0.1) is 11.3 Å². The second-order valence-electron chi connectivity index (χ2n) is 5.17. The lowest BCUT2D eigenvalue weighted by Crippen LogP contribution is -2.12. The number of thiophene rings is 1. The molecular formula is C16H16N2O5S. The highest BCUT2D eigenvalue weighted by Gasteiger charge is 2.21. The van der Waals surface area contributed by atoms with E-state index in [2.05, 4.69) is 5.32 Å². The minimum absolute atomic E-state index is 0.00925. The smallest absolute Gasteiger partial charge is 0.341 e. The summed E-state index contributed by atoms with van der Waals surface area (Å²) < 4.78 is 5.28. The van der Waals surface area contributed by atoms with Crippen molar-refractivity contribution < 1.29 is 19.2 Å². The molecule has 8 heteroatoms. The SMILES string of the molecule is CC(=O)Nc1sc(C)c(C)c1C(=O)OCc1ccc([N+](=O)[O-])cc1. The molecule has 0 unspecified atom stereocenters. The van der Waals surface area contributed by atoms with Crippen LogP contribution in [0.25, 0.3) is 0 Å². The summed E-state index contributed by atoms with van der Waals surface area (Å²) in [6.07, 6.45) is 0. The predicted molar refractivity (Wildman–Crippen MR) is 90.3 cm³/mol. The molecular weight excluding hydrogens is 332 g/mol. The first-order chi connectivity index (χ1) is 11.3. The number of esters is 1. The summed E-state index contributed by atoms with van der Waals surface area (Å²) in [4.78, 5) is 34.7. The Labute approximate surface area is 142 Å². The fraction of sp³-hybridized carbons (Fsp3) is 0.250. The van der Waals surface area contributed by atoms with Crippen LogP contribution in [0, 0.1) is 24.0 Å². The standard InChI is InChI=1S/C16H16N2O5S/c1-9-10(2)24-15(17-11(3)19)14(9)16(20)23-8-12-4-6-13(7-5-12)18(21)22/h4-7H,8H2,1-3H3,(H,17,19). The fourth-order valence-electron chi connectivity index (χ4n) is 2.06. The Hall–Kier alpha value is -2.74. The number of hydrogen-bond acceptors (Lipinski definition) is 6.